The van der Waals surface area contributed by atoms with E-state index >= 15 is 0 Å². The molecule has 0 saturated heterocycles. The number of methoxy groups -OCH3 is 1. The topological polar surface area (TPSA) is 64.4 Å². The van der Waals surface area contributed by atoms with E-state index in [1.165, 1.54) is 19.2 Å². The Morgan fingerprint density at radius 3 is 2.76 bits per heavy atom. The van der Waals surface area contributed by atoms with Crippen LogP contribution in [-0.4, -0.2) is 12.0 Å². The Kier molecular flexibility index (Phi) is 4.37. The Balaban J connectivity index is 2.17. The van der Waals surface area contributed by atoms with Crippen molar-refractivity contribution in [2.24, 2.45) is 0 Å². The minimum Gasteiger partial charge on any atom is -0.494 e. The van der Waals surface area contributed by atoms with E-state index in [9.17, 15) is 14.5 Å². The van der Waals surface area contributed by atoms with Crippen molar-refractivity contribution in [3.8, 4) is 5.75 Å². The van der Waals surface area contributed by atoms with Gasteiger partial charge in [-0.1, -0.05) is 12.1 Å². The molecule has 2 rings (SSSR count). The number of nitrogens with one attached hydrogen (secondary N) is 1. The minimum absolute atomic E-state index is 0.0889. The molecule has 0 spiro atoms. The van der Waals surface area contributed by atoms with E-state index in [2.05, 4.69) is 5.32 Å². The van der Waals surface area contributed by atoms with Gasteiger partial charge < -0.3 is 10.1 Å². The molecule has 110 valence electrons. The summed E-state index contributed by atoms with van der Waals surface area (Å²) in [5, 5.41) is 14.0. The lowest BCUT2D eigenvalue weighted by molar-refractivity contribution is -0.385. The molecule has 0 amide bonds. The highest BCUT2D eigenvalue weighted by Crippen LogP contribution is 2.24. The van der Waals surface area contributed by atoms with Gasteiger partial charge >= 0.3 is 0 Å². The van der Waals surface area contributed by atoms with E-state index in [-0.39, 0.29) is 11.4 Å². The van der Waals surface area contributed by atoms with Crippen molar-refractivity contribution in [3.63, 3.8) is 0 Å². The predicted octanol–water partition coefficient (Wildman–Crippen LogP) is 3.66. The third kappa shape index (κ3) is 3.28. The van der Waals surface area contributed by atoms with E-state index in [1.54, 1.807) is 25.1 Å². The maximum atomic E-state index is 13.3. The Labute approximate surface area is 121 Å². The number of nitro groups is 1. The van der Waals surface area contributed by atoms with E-state index in [4.69, 9.17) is 4.74 Å². The number of hydrogen-bond donors (Lipinski definition) is 1. The number of benzene rings is 2. The predicted molar refractivity (Wildman–Crippen MR) is 78.1 cm³/mol. The third-order valence-electron chi connectivity index (χ3n) is 3.25. The number of nitro benzene ring substituents is 1. The first-order valence-corrected chi connectivity index (χ1v) is 6.33. The van der Waals surface area contributed by atoms with Gasteiger partial charge in [0.2, 0.25) is 0 Å². The largest absolute Gasteiger partial charge is 0.494 e. The van der Waals surface area contributed by atoms with Crippen molar-refractivity contribution in [3.05, 3.63) is 63.5 Å². The minimum atomic E-state index is -0.436. The van der Waals surface area contributed by atoms with Crippen LogP contribution in [0, 0.1) is 22.9 Å². The van der Waals surface area contributed by atoms with E-state index in [0.717, 1.165) is 5.56 Å². The number of nitrogens with zero attached hydrogens (tertiary/aromatic N) is 1. The number of halogens is 1. The van der Waals surface area contributed by atoms with E-state index in [0.29, 0.717) is 17.8 Å². The molecule has 0 radical (unpaired) electrons. The average Bonchev–Trinajstić information content (AvgIpc) is 2.47. The zero-order valence-corrected chi connectivity index (χ0v) is 11.7. The van der Waals surface area contributed by atoms with Gasteiger partial charge in [-0.2, -0.15) is 0 Å². The summed E-state index contributed by atoms with van der Waals surface area (Å²) < 4.78 is 18.2. The smallest absolute Gasteiger partial charge is 0.272 e. The van der Waals surface area contributed by atoms with Crippen LogP contribution in [0.1, 0.15) is 11.1 Å². The van der Waals surface area contributed by atoms with Crippen molar-refractivity contribution in [2.45, 2.75) is 13.5 Å². The van der Waals surface area contributed by atoms with Crippen LogP contribution in [0.25, 0.3) is 0 Å². The van der Waals surface area contributed by atoms with Crippen molar-refractivity contribution >= 4 is 11.4 Å². The highest BCUT2D eigenvalue weighted by Gasteiger charge is 2.13. The van der Waals surface area contributed by atoms with Gasteiger partial charge in [-0.25, -0.2) is 4.39 Å². The van der Waals surface area contributed by atoms with Gasteiger partial charge in [0.25, 0.3) is 5.69 Å². The summed E-state index contributed by atoms with van der Waals surface area (Å²) in [5.41, 5.74) is 2.20. The highest BCUT2D eigenvalue weighted by atomic mass is 19.1. The van der Waals surface area contributed by atoms with Gasteiger partial charge in [0.1, 0.15) is 0 Å². The molecule has 6 heteroatoms. The molecule has 0 fully saturated rings. The van der Waals surface area contributed by atoms with Crippen molar-refractivity contribution in [1.29, 1.82) is 0 Å². The summed E-state index contributed by atoms with van der Waals surface area (Å²) in [6, 6.07) is 9.37. The Hall–Kier alpha value is -2.63. The molecular formula is C15H15FN2O3. The second kappa shape index (κ2) is 6.21. The van der Waals surface area contributed by atoms with Crippen LogP contribution in [-0.2, 0) is 6.54 Å². The first-order valence-electron chi connectivity index (χ1n) is 6.33. The quantitative estimate of drug-likeness (QED) is 0.674. The lowest BCUT2D eigenvalue weighted by atomic mass is 10.1. The van der Waals surface area contributed by atoms with Crippen LogP contribution in [0.5, 0.6) is 5.75 Å². The van der Waals surface area contributed by atoms with Crippen LogP contribution in [0.3, 0.4) is 0 Å². The number of anilines is 1. The fraction of sp³-hybridized carbons (Fsp3) is 0.200. The normalized spacial score (nSPS) is 10.2. The molecular weight excluding hydrogens is 275 g/mol. The second-order valence-electron chi connectivity index (χ2n) is 4.52. The Bertz CT molecular complexity index is 674. The number of hydrogen-bond acceptors (Lipinski definition) is 4. The first kappa shape index (κ1) is 14.8. The van der Waals surface area contributed by atoms with E-state index in [1.807, 2.05) is 6.07 Å². The average molecular weight is 290 g/mol. The summed E-state index contributed by atoms with van der Waals surface area (Å²) in [6.07, 6.45) is 0. The zero-order valence-electron chi connectivity index (χ0n) is 11.7. The van der Waals surface area contributed by atoms with Gasteiger partial charge in [0.05, 0.1) is 12.0 Å². The molecule has 21 heavy (non-hydrogen) atoms. The summed E-state index contributed by atoms with van der Waals surface area (Å²) in [7, 11) is 1.40. The van der Waals surface area contributed by atoms with Crippen LogP contribution in [0.2, 0.25) is 0 Å². The lowest BCUT2D eigenvalue weighted by Gasteiger charge is -2.10. The molecule has 0 aliphatic carbocycles. The van der Waals surface area contributed by atoms with Crippen molar-refractivity contribution in [2.75, 3.05) is 12.4 Å². The van der Waals surface area contributed by atoms with Gasteiger partial charge in [-0.15, -0.1) is 0 Å². The molecule has 0 unspecified atom stereocenters. The number of ether oxygens (including phenoxy) is 1. The summed E-state index contributed by atoms with van der Waals surface area (Å²) in [4.78, 5) is 10.5. The maximum absolute atomic E-state index is 13.3. The SMILES string of the molecule is COc1cc(NCc2cccc([N+](=O)[O-])c2C)ccc1F. The zero-order chi connectivity index (χ0) is 15.4. The fourth-order valence-corrected chi connectivity index (χ4v) is 2.03. The Morgan fingerprint density at radius 1 is 1.33 bits per heavy atom. The second-order valence-corrected chi connectivity index (χ2v) is 4.52. The first-order chi connectivity index (χ1) is 10.0. The molecule has 0 aliphatic rings. The number of rotatable bonds is 5. The molecule has 0 heterocycles. The molecule has 2 aromatic rings. The van der Waals surface area contributed by atoms with Crippen LogP contribution < -0.4 is 10.1 Å². The fourth-order valence-electron chi connectivity index (χ4n) is 2.03. The van der Waals surface area contributed by atoms with Crippen molar-refractivity contribution in [1.82, 2.24) is 0 Å². The van der Waals surface area contributed by atoms with Crippen LogP contribution in [0.4, 0.5) is 15.8 Å². The third-order valence-corrected chi connectivity index (χ3v) is 3.25. The summed E-state index contributed by atoms with van der Waals surface area (Å²) in [6.45, 7) is 2.11. The van der Waals surface area contributed by atoms with Crippen molar-refractivity contribution < 1.29 is 14.1 Å². The molecule has 0 atom stereocenters. The monoisotopic (exact) mass is 290 g/mol. The highest BCUT2D eigenvalue weighted by molar-refractivity contribution is 5.51. The van der Waals surface area contributed by atoms with E-state index < -0.39 is 10.7 Å². The van der Waals surface area contributed by atoms with Gasteiger partial charge in [0, 0.05) is 29.9 Å². The van der Waals surface area contributed by atoms with Crippen LogP contribution in [0.15, 0.2) is 36.4 Å². The maximum Gasteiger partial charge on any atom is 0.272 e. The standard InChI is InChI=1S/C15H15FN2O3/c1-10-11(4-3-5-14(10)18(19)20)9-17-12-6-7-13(16)15(8-12)21-2/h3-8,17H,9H2,1-2H3. The summed E-state index contributed by atoms with van der Waals surface area (Å²) in [5.74, 6) is -0.287. The molecule has 1 N–H and O–H groups in total. The van der Waals surface area contributed by atoms with Crippen LogP contribution >= 0.6 is 0 Å². The molecule has 0 aromatic heterocycles. The Morgan fingerprint density at radius 2 is 2.10 bits per heavy atom. The molecule has 0 saturated carbocycles. The van der Waals surface area contributed by atoms with Gasteiger partial charge in [0.15, 0.2) is 11.6 Å². The molecule has 2 aromatic carbocycles. The summed E-state index contributed by atoms with van der Waals surface area (Å²) >= 11 is 0. The molecule has 5 nitrogen and oxygen atoms in total. The lowest BCUT2D eigenvalue weighted by Crippen LogP contribution is -2.03. The van der Waals surface area contributed by atoms with Gasteiger partial charge in [-0.05, 0) is 24.6 Å². The molecule has 0 aliphatic heterocycles. The van der Waals surface area contributed by atoms with Gasteiger partial charge in [-0.3, -0.25) is 10.1 Å². The molecule has 0 bridgehead atoms.